The van der Waals surface area contributed by atoms with Gasteiger partial charge in [-0.3, -0.25) is 0 Å². The lowest BCUT2D eigenvalue weighted by Crippen LogP contribution is -1.98. The first-order valence-electron chi connectivity index (χ1n) is 19.5. The van der Waals surface area contributed by atoms with Gasteiger partial charge in [0.1, 0.15) is 11.2 Å². The van der Waals surface area contributed by atoms with Gasteiger partial charge in [0.2, 0.25) is 0 Å². The fourth-order valence-corrected chi connectivity index (χ4v) is 9.25. The van der Waals surface area contributed by atoms with E-state index in [1.807, 2.05) is 12.1 Å². The lowest BCUT2D eigenvalue weighted by Gasteiger charge is -2.15. The average molecular weight is 727 g/mol. The Balaban J connectivity index is 1.01. The predicted octanol–water partition coefficient (Wildman–Crippen LogP) is 14.8. The molecule has 57 heavy (non-hydrogen) atoms. The first-order valence-corrected chi connectivity index (χ1v) is 19.5. The summed E-state index contributed by atoms with van der Waals surface area (Å²) in [6, 6.07) is 74.4. The van der Waals surface area contributed by atoms with Crippen LogP contribution >= 0.6 is 0 Å². The number of hydrogen-bond acceptors (Lipinski definition) is 1. The number of hydrogen-bond donors (Lipinski definition) is 0. The first kappa shape index (κ1) is 31.7. The third kappa shape index (κ3) is 4.79. The highest BCUT2D eigenvalue weighted by molar-refractivity contribution is 6.19. The van der Waals surface area contributed by atoms with Gasteiger partial charge in [0.05, 0.1) is 22.1 Å². The van der Waals surface area contributed by atoms with Crippen LogP contribution in [0.3, 0.4) is 0 Å². The molecule has 0 bridgehead atoms. The van der Waals surface area contributed by atoms with Crippen LogP contribution in [0.25, 0.3) is 110 Å². The van der Waals surface area contributed by atoms with E-state index < -0.39 is 0 Å². The smallest absolute Gasteiger partial charge is 0.136 e. The van der Waals surface area contributed by atoms with E-state index in [2.05, 4.69) is 203 Å². The molecule has 0 unspecified atom stereocenters. The predicted molar refractivity (Wildman–Crippen MR) is 239 cm³/mol. The van der Waals surface area contributed by atoms with Crippen LogP contribution in [-0.2, 0) is 0 Å². The number of furan rings is 1. The van der Waals surface area contributed by atoms with E-state index in [0.29, 0.717) is 0 Å². The zero-order valence-corrected chi connectivity index (χ0v) is 30.9. The average Bonchev–Trinajstić information content (AvgIpc) is 3.95. The molecule has 0 saturated heterocycles. The summed E-state index contributed by atoms with van der Waals surface area (Å²) in [5, 5.41) is 7.28. The van der Waals surface area contributed by atoms with Crippen LogP contribution < -0.4 is 0 Å². The van der Waals surface area contributed by atoms with Gasteiger partial charge >= 0.3 is 0 Å². The van der Waals surface area contributed by atoms with Crippen LogP contribution in [0.5, 0.6) is 0 Å². The first-order chi connectivity index (χ1) is 28.3. The standard InChI is InChI=1S/C54H34N2O/c1-2-13-38(14-3-1)55-48-23-7-4-15-41(48)43-19-10-21-45(53(43)55)46-22-11-20-44-42-16-5-8-24-49(42)56(54(44)46)39-33-31-36(32-34-39)35-27-29-37(30-28-35)40-18-12-26-51-52(40)47-17-6-9-25-50(47)57-51/h1-34H. The minimum Gasteiger partial charge on any atom is -0.456 e. The molecule has 0 fully saturated rings. The molecule has 0 aliphatic carbocycles. The van der Waals surface area contributed by atoms with Gasteiger partial charge in [0.15, 0.2) is 0 Å². The van der Waals surface area contributed by atoms with Gasteiger partial charge < -0.3 is 13.6 Å². The van der Waals surface area contributed by atoms with E-state index in [0.717, 1.165) is 33.3 Å². The summed E-state index contributed by atoms with van der Waals surface area (Å²) >= 11 is 0. The van der Waals surface area contributed by atoms with Gasteiger partial charge in [-0.2, -0.15) is 0 Å². The molecule has 0 aliphatic rings. The molecule has 266 valence electrons. The number of benzene rings is 9. The second kappa shape index (κ2) is 12.5. The molecule has 0 spiro atoms. The SMILES string of the molecule is c1ccc(-n2c3ccccc3c3cccc(-c4cccc5c6ccccc6n(-c6ccc(-c7ccc(-c8cccc9oc%10ccccc%10c89)cc7)cc6)c45)c32)cc1. The molecule has 0 N–H and O–H groups in total. The molecule has 0 saturated carbocycles. The molecular formula is C54H34N2O. The highest BCUT2D eigenvalue weighted by Crippen LogP contribution is 2.44. The molecular weight excluding hydrogens is 693 g/mol. The normalized spacial score (nSPS) is 11.9. The third-order valence-corrected chi connectivity index (χ3v) is 11.8. The molecule has 3 nitrogen and oxygen atoms in total. The Morgan fingerprint density at radius 3 is 1.35 bits per heavy atom. The third-order valence-electron chi connectivity index (χ3n) is 11.8. The molecule has 9 aromatic carbocycles. The van der Waals surface area contributed by atoms with Gasteiger partial charge in [0.25, 0.3) is 0 Å². The van der Waals surface area contributed by atoms with Crippen LogP contribution in [-0.4, -0.2) is 9.13 Å². The molecule has 0 aliphatic heterocycles. The number of aromatic nitrogens is 2. The fourth-order valence-electron chi connectivity index (χ4n) is 9.25. The minimum atomic E-state index is 0.914. The molecule has 0 amide bonds. The van der Waals surface area contributed by atoms with Gasteiger partial charge in [0, 0.05) is 54.8 Å². The second-order valence-electron chi connectivity index (χ2n) is 14.8. The van der Waals surface area contributed by atoms with Crippen molar-refractivity contribution in [2.45, 2.75) is 0 Å². The van der Waals surface area contributed by atoms with Crippen molar-refractivity contribution < 1.29 is 4.42 Å². The maximum atomic E-state index is 6.19. The largest absolute Gasteiger partial charge is 0.456 e. The number of para-hydroxylation sites is 6. The molecule has 3 heterocycles. The highest BCUT2D eigenvalue weighted by atomic mass is 16.3. The van der Waals surface area contributed by atoms with Crippen molar-refractivity contribution in [3.05, 3.63) is 206 Å². The molecule has 0 atom stereocenters. The monoisotopic (exact) mass is 726 g/mol. The Morgan fingerprint density at radius 1 is 0.281 bits per heavy atom. The van der Waals surface area contributed by atoms with E-state index in [9.17, 15) is 0 Å². The van der Waals surface area contributed by atoms with Crippen molar-refractivity contribution in [3.63, 3.8) is 0 Å². The van der Waals surface area contributed by atoms with Crippen molar-refractivity contribution >= 4 is 65.6 Å². The Kier molecular flexibility index (Phi) is 6.93. The van der Waals surface area contributed by atoms with E-state index >= 15 is 0 Å². The Morgan fingerprint density at radius 2 is 0.719 bits per heavy atom. The zero-order chi connectivity index (χ0) is 37.5. The maximum absolute atomic E-state index is 6.19. The van der Waals surface area contributed by atoms with Crippen molar-refractivity contribution in [2.75, 3.05) is 0 Å². The van der Waals surface area contributed by atoms with Gasteiger partial charge in [-0.15, -0.1) is 0 Å². The lowest BCUT2D eigenvalue weighted by molar-refractivity contribution is 0.669. The Bertz CT molecular complexity index is 3490. The molecule has 12 rings (SSSR count). The van der Waals surface area contributed by atoms with Crippen LogP contribution in [0.2, 0.25) is 0 Å². The van der Waals surface area contributed by atoms with Crippen molar-refractivity contribution in [1.29, 1.82) is 0 Å². The highest BCUT2D eigenvalue weighted by Gasteiger charge is 2.21. The Hall–Kier alpha value is -7.62. The zero-order valence-electron chi connectivity index (χ0n) is 30.9. The van der Waals surface area contributed by atoms with Crippen molar-refractivity contribution in [3.8, 4) is 44.8 Å². The van der Waals surface area contributed by atoms with Crippen LogP contribution in [0.15, 0.2) is 211 Å². The summed E-state index contributed by atoms with van der Waals surface area (Å²) in [5.41, 5.74) is 16.0. The molecule has 0 radical (unpaired) electrons. The maximum Gasteiger partial charge on any atom is 0.136 e. The fraction of sp³-hybridized carbons (Fsp3) is 0. The van der Waals surface area contributed by atoms with Crippen molar-refractivity contribution in [1.82, 2.24) is 9.13 Å². The lowest BCUT2D eigenvalue weighted by atomic mass is 9.97. The van der Waals surface area contributed by atoms with Gasteiger partial charge in [-0.05, 0) is 70.8 Å². The second-order valence-corrected chi connectivity index (χ2v) is 14.8. The topological polar surface area (TPSA) is 23.0 Å². The number of rotatable bonds is 5. The number of fused-ring (bicyclic) bond motifs is 9. The summed E-state index contributed by atoms with van der Waals surface area (Å²) in [5.74, 6) is 0. The summed E-state index contributed by atoms with van der Waals surface area (Å²) in [6.45, 7) is 0. The quantitative estimate of drug-likeness (QED) is 0.173. The van der Waals surface area contributed by atoms with E-state index in [-0.39, 0.29) is 0 Å². The van der Waals surface area contributed by atoms with E-state index in [1.165, 1.54) is 77.0 Å². The molecule has 3 aromatic heterocycles. The van der Waals surface area contributed by atoms with Crippen LogP contribution in [0.4, 0.5) is 0 Å². The van der Waals surface area contributed by atoms with Gasteiger partial charge in [-0.25, -0.2) is 0 Å². The van der Waals surface area contributed by atoms with Crippen LogP contribution in [0.1, 0.15) is 0 Å². The number of nitrogens with zero attached hydrogens (tertiary/aromatic N) is 2. The summed E-state index contributed by atoms with van der Waals surface area (Å²) in [4.78, 5) is 0. The molecule has 3 heteroatoms. The minimum absolute atomic E-state index is 0.914. The summed E-state index contributed by atoms with van der Waals surface area (Å²) in [7, 11) is 0. The van der Waals surface area contributed by atoms with E-state index in [4.69, 9.17) is 4.42 Å². The molecule has 12 aromatic rings. The van der Waals surface area contributed by atoms with Gasteiger partial charge in [-0.1, -0.05) is 158 Å². The Labute approximate surface area is 328 Å². The summed E-state index contributed by atoms with van der Waals surface area (Å²) < 4.78 is 11.1. The van der Waals surface area contributed by atoms with E-state index in [1.54, 1.807) is 0 Å². The summed E-state index contributed by atoms with van der Waals surface area (Å²) in [6.07, 6.45) is 0. The van der Waals surface area contributed by atoms with Crippen LogP contribution in [0, 0.1) is 0 Å². The van der Waals surface area contributed by atoms with Crippen molar-refractivity contribution in [2.24, 2.45) is 0 Å².